The second-order valence-corrected chi connectivity index (χ2v) is 5.40. The highest BCUT2D eigenvalue weighted by molar-refractivity contribution is 5.96. The number of carboxylic acid groups (broad SMARTS) is 1. The predicted molar refractivity (Wildman–Crippen MR) is 82.8 cm³/mol. The summed E-state index contributed by atoms with van der Waals surface area (Å²) in [5.41, 5.74) is 0.861. The maximum absolute atomic E-state index is 11.0. The molecule has 0 aliphatic rings. The summed E-state index contributed by atoms with van der Waals surface area (Å²) in [6, 6.07) is 5.16. The summed E-state index contributed by atoms with van der Waals surface area (Å²) in [4.78, 5) is 21.5. The average molecular weight is 288 g/mol. The van der Waals surface area contributed by atoms with E-state index in [0.29, 0.717) is 5.52 Å². The minimum absolute atomic E-state index is 0.229. The Labute approximate surface area is 123 Å². The number of nitrogens with one attached hydrogen (secondary N) is 1. The largest absolute Gasteiger partial charge is 0.478 e. The molecule has 2 N–H and O–H groups in total. The molecule has 1 aromatic carbocycles. The van der Waals surface area contributed by atoms with E-state index in [9.17, 15) is 4.79 Å². The van der Waals surface area contributed by atoms with Crippen LogP contribution in [0.3, 0.4) is 0 Å². The average Bonchev–Trinajstić information content (AvgIpc) is 2.45. The van der Waals surface area contributed by atoms with Crippen molar-refractivity contribution in [3.05, 3.63) is 30.1 Å². The van der Waals surface area contributed by atoms with Gasteiger partial charge in [-0.3, -0.25) is 0 Å². The van der Waals surface area contributed by atoms with E-state index in [2.05, 4.69) is 27.1 Å². The van der Waals surface area contributed by atoms with Gasteiger partial charge in [0.05, 0.1) is 11.1 Å². The predicted octanol–water partition coefficient (Wildman–Crippen LogP) is 2.08. The maximum atomic E-state index is 11.0. The Bertz CT molecular complexity index is 643. The summed E-state index contributed by atoms with van der Waals surface area (Å²) < 4.78 is 0. The fourth-order valence-corrected chi connectivity index (χ4v) is 2.06. The van der Waals surface area contributed by atoms with E-state index in [4.69, 9.17) is 5.11 Å². The van der Waals surface area contributed by atoms with E-state index in [-0.39, 0.29) is 11.6 Å². The Morgan fingerprint density at radius 3 is 2.81 bits per heavy atom. The normalized spacial score (nSPS) is 12.6. The van der Waals surface area contributed by atoms with Crippen molar-refractivity contribution in [2.75, 3.05) is 26.0 Å². The zero-order chi connectivity index (χ0) is 15.4. The fraction of sp³-hybridized carbons (Fsp3) is 0.400. The van der Waals surface area contributed by atoms with Gasteiger partial charge in [0.2, 0.25) is 0 Å². The van der Waals surface area contributed by atoms with E-state index in [1.54, 1.807) is 18.2 Å². The third-order valence-corrected chi connectivity index (χ3v) is 3.28. The van der Waals surface area contributed by atoms with Crippen LogP contribution in [0.25, 0.3) is 10.9 Å². The molecule has 0 radical (unpaired) electrons. The lowest BCUT2D eigenvalue weighted by Gasteiger charge is -2.18. The number of benzene rings is 1. The Morgan fingerprint density at radius 2 is 2.14 bits per heavy atom. The third-order valence-electron chi connectivity index (χ3n) is 3.28. The van der Waals surface area contributed by atoms with Gasteiger partial charge >= 0.3 is 5.97 Å². The second-order valence-electron chi connectivity index (χ2n) is 5.40. The number of fused-ring (bicyclic) bond motifs is 1. The Kier molecular flexibility index (Phi) is 4.70. The monoisotopic (exact) mass is 288 g/mol. The standard InChI is InChI=1S/C15H20N4O2/c1-10(6-7-19(2)3)18-14-12-5-4-11(15(20)21)8-13(12)16-9-17-14/h4-5,8-10H,6-7H2,1-3H3,(H,20,21)(H,16,17,18). The van der Waals surface area contributed by atoms with Crippen molar-refractivity contribution in [1.29, 1.82) is 0 Å². The molecule has 0 amide bonds. The van der Waals surface area contributed by atoms with Gasteiger partial charge in [-0.15, -0.1) is 0 Å². The van der Waals surface area contributed by atoms with Crippen LogP contribution in [-0.2, 0) is 0 Å². The minimum Gasteiger partial charge on any atom is -0.478 e. The molecule has 0 saturated carbocycles. The molecule has 1 heterocycles. The van der Waals surface area contributed by atoms with Crippen LogP contribution in [0.2, 0.25) is 0 Å². The van der Waals surface area contributed by atoms with Crippen LogP contribution < -0.4 is 5.32 Å². The third kappa shape index (κ3) is 3.88. The van der Waals surface area contributed by atoms with Crippen LogP contribution in [0.1, 0.15) is 23.7 Å². The number of nitrogens with zero attached hydrogens (tertiary/aromatic N) is 3. The van der Waals surface area contributed by atoms with Crippen molar-refractivity contribution < 1.29 is 9.90 Å². The summed E-state index contributed by atoms with van der Waals surface area (Å²) in [6.07, 6.45) is 2.45. The van der Waals surface area contributed by atoms with Gasteiger partial charge in [-0.2, -0.15) is 0 Å². The first-order valence-electron chi connectivity index (χ1n) is 6.86. The molecule has 0 aliphatic carbocycles. The number of hydrogen-bond acceptors (Lipinski definition) is 5. The van der Waals surface area contributed by atoms with Crippen LogP contribution in [0.4, 0.5) is 5.82 Å². The summed E-state index contributed by atoms with van der Waals surface area (Å²) in [5.74, 6) is -0.215. The Balaban J connectivity index is 2.22. The van der Waals surface area contributed by atoms with Crippen molar-refractivity contribution in [2.45, 2.75) is 19.4 Å². The van der Waals surface area contributed by atoms with Gasteiger partial charge in [0.15, 0.2) is 0 Å². The minimum atomic E-state index is -0.954. The van der Waals surface area contributed by atoms with Crippen molar-refractivity contribution in [3.63, 3.8) is 0 Å². The molecule has 112 valence electrons. The Morgan fingerprint density at radius 1 is 1.38 bits per heavy atom. The lowest BCUT2D eigenvalue weighted by molar-refractivity contribution is 0.0697. The first kappa shape index (κ1) is 15.2. The SMILES string of the molecule is CC(CCN(C)C)Nc1ncnc2cc(C(=O)O)ccc12. The van der Waals surface area contributed by atoms with E-state index in [1.165, 1.54) is 6.33 Å². The first-order valence-corrected chi connectivity index (χ1v) is 6.86. The molecule has 0 fully saturated rings. The Hall–Kier alpha value is -2.21. The summed E-state index contributed by atoms with van der Waals surface area (Å²) in [5, 5.41) is 13.2. The van der Waals surface area contributed by atoms with Crippen LogP contribution in [-0.4, -0.2) is 52.6 Å². The molecule has 6 heteroatoms. The maximum Gasteiger partial charge on any atom is 0.335 e. The van der Waals surface area contributed by atoms with Crippen molar-refractivity contribution in [2.24, 2.45) is 0 Å². The van der Waals surface area contributed by atoms with Gasteiger partial charge in [-0.05, 0) is 52.2 Å². The quantitative estimate of drug-likeness (QED) is 0.847. The first-order chi connectivity index (χ1) is 9.97. The zero-order valence-corrected chi connectivity index (χ0v) is 12.5. The van der Waals surface area contributed by atoms with Gasteiger partial charge < -0.3 is 15.3 Å². The van der Waals surface area contributed by atoms with Crippen LogP contribution in [0.15, 0.2) is 24.5 Å². The highest BCUT2D eigenvalue weighted by Gasteiger charge is 2.10. The van der Waals surface area contributed by atoms with E-state index in [1.807, 2.05) is 14.1 Å². The van der Waals surface area contributed by atoms with Gasteiger partial charge in [0.1, 0.15) is 12.1 Å². The van der Waals surface area contributed by atoms with Gasteiger partial charge in [-0.1, -0.05) is 0 Å². The summed E-state index contributed by atoms with van der Waals surface area (Å²) in [7, 11) is 4.08. The van der Waals surface area contributed by atoms with Crippen molar-refractivity contribution >= 4 is 22.7 Å². The highest BCUT2D eigenvalue weighted by Crippen LogP contribution is 2.21. The second kappa shape index (κ2) is 6.49. The van der Waals surface area contributed by atoms with Crippen molar-refractivity contribution in [1.82, 2.24) is 14.9 Å². The molecule has 1 unspecified atom stereocenters. The molecular formula is C15H20N4O2. The van der Waals surface area contributed by atoms with E-state index in [0.717, 1.165) is 24.2 Å². The lowest BCUT2D eigenvalue weighted by atomic mass is 10.1. The number of carbonyl (C=O) groups is 1. The molecule has 0 aliphatic heterocycles. The molecule has 6 nitrogen and oxygen atoms in total. The van der Waals surface area contributed by atoms with Crippen LogP contribution in [0, 0.1) is 0 Å². The van der Waals surface area contributed by atoms with E-state index < -0.39 is 5.97 Å². The van der Waals surface area contributed by atoms with Gasteiger partial charge in [-0.25, -0.2) is 14.8 Å². The fourth-order valence-electron chi connectivity index (χ4n) is 2.06. The highest BCUT2D eigenvalue weighted by atomic mass is 16.4. The molecule has 0 spiro atoms. The number of aromatic carboxylic acids is 1. The topological polar surface area (TPSA) is 78.3 Å². The molecule has 0 bridgehead atoms. The van der Waals surface area contributed by atoms with E-state index >= 15 is 0 Å². The molecule has 1 aromatic heterocycles. The van der Waals surface area contributed by atoms with Gasteiger partial charge in [0.25, 0.3) is 0 Å². The van der Waals surface area contributed by atoms with Crippen molar-refractivity contribution in [3.8, 4) is 0 Å². The summed E-state index contributed by atoms with van der Waals surface area (Å²) >= 11 is 0. The molecule has 2 aromatic rings. The molecule has 1 atom stereocenters. The molecule has 0 saturated heterocycles. The number of anilines is 1. The number of hydrogen-bond donors (Lipinski definition) is 2. The zero-order valence-electron chi connectivity index (χ0n) is 12.5. The smallest absolute Gasteiger partial charge is 0.335 e. The number of rotatable bonds is 6. The molecule has 2 rings (SSSR count). The number of carboxylic acids is 1. The van der Waals surface area contributed by atoms with Crippen LogP contribution >= 0.6 is 0 Å². The van der Waals surface area contributed by atoms with Gasteiger partial charge in [0, 0.05) is 11.4 Å². The lowest BCUT2D eigenvalue weighted by Crippen LogP contribution is -2.23. The van der Waals surface area contributed by atoms with Crippen LogP contribution in [0.5, 0.6) is 0 Å². The molecule has 21 heavy (non-hydrogen) atoms. The molecular weight excluding hydrogens is 268 g/mol. The summed E-state index contributed by atoms with van der Waals surface area (Å²) in [6.45, 7) is 3.09. The number of aromatic nitrogens is 2.